The number of anilines is 1. The first-order valence-electron chi connectivity index (χ1n) is 22.0. The average Bonchev–Trinajstić information content (AvgIpc) is 3.76. The van der Waals surface area contributed by atoms with Crippen molar-refractivity contribution in [3.63, 3.8) is 0 Å². The largest absolute Gasteiger partial charge is 0.383 e. The van der Waals surface area contributed by atoms with Crippen LogP contribution in [0.2, 0.25) is 0 Å². The van der Waals surface area contributed by atoms with Crippen LogP contribution < -0.4 is 16.4 Å². The van der Waals surface area contributed by atoms with Gasteiger partial charge >= 0.3 is 0 Å². The zero-order chi connectivity index (χ0) is 41.6. The number of carbonyl (C=O) groups excluding carboxylic acids is 4. The summed E-state index contributed by atoms with van der Waals surface area (Å²) in [6.07, 6.45) is 13.7. The Labute approximate surface area is 353 Å². The normalized spacial score (nSPS) is 22.1. The van der Waals surface area contributed by atoms with Crippen molar-refractivity contribution in [1.82, 2.24) is 50.3 Å². The molecule has 4 aromatic heterocycles. The highest BCUT2D eigenvalue weighted by atomic mass is 16.5. The highest BCUT2D eigenvalue weighted by molar-refractivity contribution is 6.05. The lowest BCUT2D eigenvalue weighted by molar-refractivity contribution is -0.137. The van der Waals surface area contributed by atoms with E-state index in [-0.39, 0.29) is 42.0 Å². The number of nitrogens with two attached hydrogens (primary N) is 1. The number of benzene rings is 1. The summed E-state index contributed by atoms with van der Waals surface area (Å²) < 4.78 is 7.81. The Morgan fingerprint density at radius 2 is 1.75 bits per heavy atom. The van der Waals surface area contributed by atoms with Gasteiger partial charge in [0, 0.05) is 43.1 Å². The number of unbranched alkanes of at least 4 members (excludes halogenated alkanes) is 3. The molecule has 0 radical (unpaired) electrons. The van der Waals surface area contributed by atoms with Gasteiger partial charge < -0.3 is 25.4 Å². The van der Waals surface area contributed by atoms with Gasteiger partial charge in [0.05, 0.1) is 22.7 Å². The summed E-state index contributed by atoms with van der Waals surface area (Å²) in [7, 11) is 0. The van der Waals surface area contributed by atoms with Crippen LogP contribution in [-0.2, 0) is 20.9 Å². The predicted octanol–water partition coefficient (Wildman–Crippen LogP) is 5.27. The highest BCUT2D eigenvalue weighted by Crippen LogP contribution is 2.49. The van der Waals surface area contributed by atoms with E-state index in [9.17, 15) is 19.2 Å². The minimum absolute atomic E-state index is 0.00336. The van der Waals surface area contributed by atoms with Gasteiger partial charge in [-0.3, -0.25) is 29.5 Å². The Bertz CT molecular complexity index is 2480. The number of hydrogen-bond acceptors (Lipinski definition) is 12. The third-order valence-electron chi connectivity index (χ3n) is 13.5. The van der Waals surface area contributed by atoms with Crippen molar-refractivity contribution in [3.8, 4) is 22.6 Å². The number of nitrogen functional groups attached to an aromatic ring is 1. The van der Waals surface area contributed by atoms with Crippen LogP contribution in [0.5, 0.6) is 0 Å². The third-order valence-corrected chi connectivity index (χ3v) is 13.5. The molecule has 1 aromatic carbocycles. The predicted molar refractivity (Wildman–Crippen MR) is 225 cm³/mol. The van der Waals surface area contributed by atoms with E-state index in [0.29, 0.717) is 78.0 Å². The van der Waals surface area contributed by atoms with E-state index in [4.69, 9.17) is 15.4 Å². The Morgan fingerprint density at radius 1 is 0.918 bits per heavy atom. The number of aromatic nitrogens is 6. The van der Waals surface area contributed by atoms with Crippen LogP contribution in [0.4, 0.5) is 5.82 Å². The van der Waals surface area contributed by atoms with E-state index in [0.717, 1.165) is 93.6 Å². The average molecular weight is 826 g/mol. The lowest BCUT2D eigenvalue weighted by Gasteiger charge is -2.34. The second-order valence-electron chi connectivity index (χ2n) is 17.5. The fraction of sp³-hybridized carbons (Fsp3) is 0.489. The number of imide groups is 1. The molecule has 4 N–H and O–H groups in total. The molecule has 61 heavy (non-hydrogen) atoms. The summed E-state index contributed by atoms with van der Waals surface area (Å²) in [5, 5.41) is 15.7. The molecule has 2 saturated carbocycles. The molecule has 5 aliphatic rings. The number of likely N-dealkylation sites (tertiary alicyclic amines) is 1. The maximum atomic E-state index is 13.2. The number of carbonyl (C=O) groups is 4. The zero-order valence-corrected chi connectivity index (χ0v) is 34.2. The molecule has 0 bridgehead atoms. The number of amides is 4. The number of rotatable bonds is 14. The summed E-state index contributed by atoms with van der Waals surface area (Å²) >= 11 is 0. The van der Waals surface area contributed by atoms with Crippen LogP contribution in [0.15, 0.2) is 53.4 Å². The molecule has 2 aliphatic carbocycles. The number of fused-ring (bicyclic) bond motifs is 2. The molecule has 7 heterocycles. The van der Waals surface area contributed by atoms with Gasteiger partial charge in [-0.25, -0.2) is 14.6 Å². The lowest BCUT2D eigenvalue weighted by atomic mass is 9.79. The van der Waals surface area contributed by atoms with Crippen LogP contribution in [0.3, 0.4) is 0 Å². The number of hydrogen-bond donors (Lipinski definition) is 3. The van der Waals surface area contributed by atoms with Crippen LogP contribution in [-0.4, -0.2) is 95.5 Å². The van der Waals surface area contributed by atoms with Gasteiger partial charge in [0.2, 0.25) is 17.7 Å². The van der Waals surface area contributed by atoms with Crippen LogP contribution in [0, 0.1) is 5.92 Å². The summed E-state index contributed by atoms with van der Waals surface area (Å²) in [4.78, 5) is 68.0. The maximum Gasteiger partial charge on any atom is 0.255 e. The van der Waals surface area contributed by atoms with Crippen molar-refractivity contribution >= 4 is 40.5 Å². The number of nitrogens with zero attached hydrogens (tertiary/aromatic N) is 8. The summed E-state index contributed by atoms with van der Waals surface area (Å²) in [6.45, 7) is 4.26. The van der Waals surface area contributed by atoms with E-state index < -0.39 is 6.04 Å². The maximum absolute atomic E-state index is 13.2. The van der Waals surface area contributed by atoms with Gasteiger partial charge in [-0.15, -0.1) is 0 Å². The zero-order valence-electron chi connectivity index (χ0n) is 34.2. The first kappa shape index (κ1) is 39.1. The van der Waals surface area contributed by atoms with Gasteiger partial charge in [0.15, 0.2) is 5.65 Å². The minimum Gasteiger partial charge on any atom is -0.383 e. The molecular weight excluding hydrogens is 775 g/mol. The molecular formula is C45H51N11O5. The van der Waals surface area contributed by atoms with Crippen molar-refractivity contribution in [3.05, 3.63) is 71.4 Å². The molecule has 3 aliphatic heterocycles. The molecule has 5 aromatic rings. The number of piperidine rings is 2. The van der Waals surface area contributed by atoms with Crippen LogP contribution >= 0.6 is 0 Å². The van der Waals surface area contributed by atoms with E-state index in [1.165, 1.54) is 11.9 Å². The minimum atomic E-state index is -0.590. The van der Waals surface area contributed by atoms with Crippen molar-refractivity contribution < 1.29 is 23.7 Å². The summed E-state index contributed by atoms with van der Waals surface area (Å²) in [5.41, 5.74) is 12.7. The van der Waals surface area contributed by atoms with E-state index >= 15 is 0 Å². The standard InChI is InChI=1S/C45H51N11O5/c46-41-37-38(39-36(33-7-3-5-16-47-33)40(61-53-39)27-8-9-27)52-56(42(37)50-25-49-41)31-22-29(23-31)43(58)48-17-4-1-2-6-18-54-19-14-26(15-20-54)28-10-11-32-30(21-28)24-55(45(32)60)34-12-13-35(57)51-44(34)59/h3,5,7,10-11,16,21,25-27,29,31,34H,1-2,4,6,8-9,12-15,17-20,22-24H2,(H,48,58)(H2,46,49,50)(H,51,57,59)/t29?,31?,34-/m1/s1. The molecule has 4 fully saturated rings. The Balaban J connectivity index is 0.655. The van der Waals surface area contributed by atoms with E-state index in [1.54, 1.807) is 11.1 Å². The van der Waals surface area contributed by atoms with E-state index in [2.05, 4.69) is 47.8 Å². The topological polar surface area (TPSA) is 207 Å². The number of nitrogens with one attached hydrogen (secondary N) is 2. The second kappa shape index (κ2) is 16.4. The second-order valence-corrected chi connectivity index (χ2v) is 17.5. The fourth-order valence-corrected chi connectivity index (χ4v) is 9.77. The quantitative estimate of drug-likeness (QED) is 0.0967. The first-order chi connectivity index (χ1) is 29.8. The molecule has 10 rings (SSSR count). The van der Waals surface area contributed by atoms with Crippen molar-refractivity contribution in [2.24, 2.45) is 5.92 Å². The van der Waals surface area contributed by atoms with Gasteiger partial charge in [-0.05, 0) is 113 Å². The van der Waals surface area contributed by atoms with Crippen LogP contribution in [0.1, 0.15) is 122 Å². The Hall–Kier alpha value is -6.03. The Morgan fingerprint density at radius 3 is 2.54 bits per heavy atom. The molecule has 1 atom stereocenters. The van der Waals surface area contributed by atoms with Crippen molar-refractivity contribution in [2.45, 2.75) is 108 Å². The van der Waals surface area contributed by atoms with Crippen molar-refractivity contribution in [1.29, 1.82) is 0 Å². The fourth-order valence-electron chi connectivity index (χ4n) is 9.77. The van der Waals surface area contributed by atoms with Gasteiger partial charge in [-0.2, -0.15) is 5.10 Å². The van der Waals surface area contributed by atoms with Crippen molar-refractivity contribution in [2.75, 3.05) is 31.9 Å². The first-order valence-corrected chi connectivity index (χ1v) is 22.0. The molecule has 316 valence electrons. The molecule has 16 heteroatoms. The van der Waals surface area contributed by atoms with Gasteiger partial charge in [-0.1, -0.05) is 36.2 Å². The SMILES string of the molecule is Nc1ncnc2c1c(-c1noc(C3CC3)c1-c1ccccn1)nn2C1CC(C(=O)NCCCCCCN2CCC(c3ccc4c(c3)CN([C@@H]3CCC(=O)NC3=O)C4=O)CC2)C1. The summed E-state index contributed by atoms with van der Waals surface area (Å²) in [5.74, 6) is 1.13. The number of pyridine rings is 1. The molecule has 16 nitrogen and oxygen atoms in total. The third kappa shape index (κ3) is 7.66. The Kier molecular flexibility index (Phi) is 10.5. The van der Waals surface area contributed by atoms with Gasteiger partial charge in [0.25, 0.3) is 5.91 Å². The monoisotopic (exact) mass is 825 g/mol. The smallest absolute Gasteiger partial charge is 0.255 e. The van der Waals surface area contributed by atoms with Gasteiger partial charge in [0.1, 0.15) is 35.3 Å². The summed E-state index contributed by atoms with van der Waals surface area (Å²) in [6, 6.07) is 11.4. The lowest BCUT2D eigenvalue weighted by Crippen LogP contribution is -2.52. The molecule has 0 unspecified atom stereocenters. The highest BCUT2D eigenvalue weighted by Gasteiger charge is 2.41. The molecule has 0 spiro atoms. The van der Waals surface area contributed by atoms with E-state index in [1.807, 2.05) is 28.9 Å². The molecule has 4 amide bonds. The molecule has 2 saturated heterocycles. The van der Waals surface area contributed by atoms with Crippen LogP contribution in [0.25, 0.3) is 33.7 Å².